The molecule has 0 aliphatic carbocycles. The Morgan fingerprint density at radius 1 is 0.821 bits per heavy atom. The van der Waals surface area contributed by atoms with Crippen LogP contribution in [-0.4, -0.2) is 67.7 Å². The number of nitrogens with zero attached hydrogens (tertiary/aromatic N) is 3. The zero-order valence-corrected chi connectivity index (χ0v) is 24.7. The Labute approximate surface area is 236 Å². The highest BCUT2D eigenvalue weighted by Crippen LogP contribution is 2.25. The molecule has 0 aliphatic heterocycles. The highest BCUT2D eigenvalue weighted by Gasteiger charge is 2.22. The molecule has 212 valence electrons. The topological polar surface area (TPSA) is 47.6 Å². The smallest absolute Gasteiger partial charge is 0.179 e. The van der Waals surface area contributed by atoms with Gasteiger partial charge in [0, 0.05) is 30.9 Å². The van der Waals surface area contributed by atoms with Gasteiger partial charge < -0.3 is 19.6 Å². The first-order valence-corrected chi connectivity index (χ1v) is 14.9. The van der Waals surface area contributed by atoms with Crippen LogP contribution in [-0.2, 0) is 6.54 Å². The Bertz CT molecular complexity index is 1150. The van der Waals surface area contributed by atoms with Crippen molar-refractivity contribution in [3.8, 4) is 0 Å². The number of unbranched alkanes of at least 4 members (excludes halogenated alkanes) is 4. The van der Waals surface area contributed by atoms with Crippen molar-refractivity contribution >= 4 is 28.6 Å². The Kier molecular flexibility index (Phi) is 12.4. The number of likely N-dealkylation sites (N-methyl/N-ethyl adjacent to an activating group) is 1. The summed E-state index contributed by atoms with van der Waals surface area (Å²) in [5.74, 6) is 0. The third-order valence-electron chi connectivity index (χ3n) is 7.49. The molecule has 5 heteroatoms. The Balaban J connectivity index is 1.63. The summed E-state index contributed by atoms with van der Waals surface area (Å²) in [6.07, 6.45) is 15.5. The van der Waals surface area contributed by atoms with Gasteiger partial charge in [-0.15, -0.1) is 0 Å². The van der Waals surface area contributed by atoms with Gasteiger partial charge in [-0.2, -0.15) is 0 Å². The Morgan fingerprint density at radius 3 is 2.08 bits per heavy atom. The molecule has 0 bridgehead atoms. The van der Waals surface area contributed by atoms with E-state index in [9.17, 15) is 10.2 Å². The van der Waals surface area contributed by atoms with Crippen LogP contribution < -0.4 is 9.47 Å². The molecule has 0 amide bonds. The van der Waals surface area contributed by atoms with E-state index in [1.807, 2.05) is 31.1 Å². The minimum Gasteiger partial charge on any atom is -0.391 e. The lowest BCUT2D eigenvalue weighted by atomic mass is 10.0. The molecule has 0 saturated carbocycles. The number of hydrogen-bond donors (Lipinski definition) is 2. The van der Waals surface area contributed by atoms with Crippen molar-refractivity contribution in [1.82, 2.24) is 0 Å². The number of anilines is 1. The summed E-state index contributed by atoms with van der Waals surface area (Å²) < 4.78 is 2.62. The zero-order valence-electron chi connectivity index (χ0n) is 24.7. The molecular formula is C34H51N3O2+2. The lowest BCUT2D eigenvalue weighted by Crippen LogP contribution is -2.51. The maximum absolute atomic E-state index is 10.5. The van der Waals surface area contributed by atoms with Gasteiger partial charge in [0.25, 0.3) is 0 Å². The molecular weight excluding hydrogens is 482 g/mol. The number of rotatable bonds is 17. The maximum atomic E-state index is 10.5. The highest BCUT2D eigenvalue weighted by molar-refractivity contribution is 5.88. The van der Waals surface area contributed by atoms with Crippen molar-refractivity contribution in [2.24, 2.45) is 0 Å². The molecule has 39 heavy (non-hydrogen) atoms. The van der Waals surface area contributed by atoms with Crippen LogP contribution in [0.3, 0.4) is 0 Å². The van der Waals surface area contributed by atoms with E-state index in [1.54, 1.807) is 0 Å². The number of quaternary nitrogens is 1. The van der Waals surface area contributed by atoms with Crippen LogP contribution in [0, 0.1) is 0 Å². The zero-order chi connectivity index (χ0) is 28.1. The summed E-state index contributed by atoms with van der Waals surface area (Å²) in [5, 5.41) is 22.2. The maximum Gasteiger partial charge on any atom is 0.179 e. The lowest BCUT2D eigenvalue weighted by Gasteiger charge is -2.30. The fourth-order valence-corrected chi connectivity index (χ4v) is 5.16. The SMILES string of the molecule is CCCCCN(CCCCC)c1ccc2cc(/C=C/c3cc[n+](CC(O)C[N+](C)(C)CCO)cc3)ccc2c1. The molecule has 1 aromatic heterocycles. The first-order chi connectivity index (χ1) is 18.8. The molecule has 0 fully saturated rings. The van der Waals surface area contributed by atoms with Crippen LogP contribution in [0.5, 0.6) is 0 Å². The minimum absolute atomic E-state index is 0.128. The summed E-state index contributed by atoms with van der Waals surface area (Å²) in [5.41, 5.74) is 3.66. The van der Waals surface area contributed by atoms with Gasteiger partial charge in [0.05, 0.1) is 20.7 Å². The molecule has 0 aliphatic rings. The number of pyridine rings is 1. The molecule has 0 saturated heterocycles. The van der Waals surface area contributed by atoms with Gasteiger partial charge >= 0.3 is 0 Å². The third-order valence-corrected chi connectivity index (χ3v) is 7.49. The minimum atomic E-state index is -0.462. The van der Waals surface area contributed by atoms with Gasteiger partial charge in [-0.3, -0.25) is 0 Å². The standard InChI is InChI=1S/C34H51N3O2/c1-5-7-9-19-36(20-10-8-6-2)33-16-15-31-25-30(13-14-32(31)26-33)12-11-29-17-21-35(22-18-29)27-34(39)28-37(3,4)23-24-38/h11-18,21-22,25-26,34,38-39H,5-10,19-20,23-24,27-28H2,1-4H3/q+2. The second-order valence-corrected chi connectivity index (χ2v) is 11.6. The van der Waals surface area contributed by atoms with Gasteiger partial charge in [-0.25, -0.2) is 4.57 Å². The second kappa shape index (κ2) is 15.8. The summed E-state index contributed by atoms with van der Waals surface area (Å²) >= 11 is 0. The van der Waals surface area contributed by atoms with Crippen LogP contribution in [0.15, 0.2) is 60.9 Å². The van der Waals surface area contributed by atoms with Gasteiger partial charge in [0.15, 0.2) is 25.0 Å². The molecule has 0 radical (unpaired) electrons. The van der Waals surface area contributed by atoms with Crippen molar-refractivity contribution in [1.29, 1.82) is 0 Å². The number of fused-ring (bicyclic) bond motifs is 1. The van der Waals surface area contributed by atoms with Gasteiger partial charge in [-0.1, -0.05) is 69.9 Å². The van der Waals surface area contributed by atoms with Gasteiger partial charge in [-0.05, 0) is 52.9 Å². The van der Waals surface area contributed by atoms with Crippen LogP contribution in [0.25, 0.3) is 22.9 Å². The van der Waals surface area contributed by atoms with Crippen LogP contribution in [0.1, 0.15) is 63.5 Å². The fourth-order valence-electron chi connectivity index (χ4n) is 5.16. The molecule has 2 aromatic carbocycles. The summed E-state index contributed by atoms with van der Waals surface area (Å²) in [6, 6.07) is 17.8. The van der Waals surface area contributed by atoms with Crippen LogP contribution in [0.2, 0.25) is 0 Å². The summed E-state index contributed by atoms with van der Waals surface area (Å²) in [7, 11) is 4.06. The van der Waals surface area contributed by atoms with Crippen molar-refractivity contribution in [3.05, 3.63) is 72.1 Å². The van der Waals surface area contributed by atoms with Crippen molar-refractivity contribution in [3.63, 3.8) is 0 Å². The Hall–Kier alpha value is -2.73. The molecule has 5 nitrogen and oxygen atoms in total. The normalized spacial score (nSPS) is 12.9. The number of hydrogen-bond acceptors (Lipinski definition) is 3. The predicted octanol–water partition coefficient (Wildman–Crippen LogP) is 5.91. The van der Waals surface area contributed by atoms with E-state index in [0.29, 0.717) is 24.1 Å². The first-order valence-electron chi connectivity index (χ1n) is 14.9. The number of benzene rings is 2. The predicted molar refractivity (Wildman–Crippen MR) is 166 cm³/mol. The van der Waals surface area contributed by atoms with E-state index in [-0.39, 0.29) is 6.61 Å². The fraction of sp³-hybridized carbons (Fsp3) is 0.500. The van der Waals surface area contributed by atoms with E-state index < -0.39 is 6.10 Å². The van der Waals surface area contributed by atoms with E-state index >= 15 is 0 Å². The third kappa shape index (κ3) is 10.4. The highest BCUT2D eigenvalue weighted by atomic mass is 16.3. The van der Waals surface area contributed by atoms with Gasteiger partial charge in [0.2, 0.25) is 0 Å². The first kappa shape index (κ1) is 30.8. The van der Waals surface area contributed by atoms with Crippen LogP contribution in [0.4, 0.5) is 5.69 Å². The van der Waals surface area contributed by atoms with E-state index in [2.05, 4.69) is 79.4 Å². The second-order valence-electron chi connectivity index (χ2n) is 11.6. The van der Waals surface area contributed by atoms with Crippen molar-refractivity contribution in [2.45, 2.75) is 65.0 Å². The van der Waals surface area contributed by atoms with Crippen molar-refractivity contribution in [2.75, 3.05) is 51.8 Å². The average Bonchev–Trinajstić information content (AvgIpc) is 2.91. The Morgan fingerprint density at radius 2 is 1.44 bits per heavy atom. The van der Waals surface area contributed by atoms with Crippen LogP contribution >= 0.6 is 0 Å². The molecule has 1 atom stereocenters. The van der Waals surface area contributed by atoms with E-state index in [4.69, 9.17) is 0 Å². The molecule has 3 rings (SSSR count). The monoisotopic (exact) mass is 533 g/mol. The van der Waals surface area contributed by atoms with E-state index in [0.717, 1.165) is 18.7 Å². The largest absolute Gasteiger partial charge is 0.391 e. The molecule has 1 unspecified atom stereocenters. The quantitative estimate of drug-likeness (QED) is 0.129. The summed E-state index contributed by atoms with van der Waals surface area (Å²) in [4.78, 5) is 2.58. The number of aromatic nitrogens is 1. The number of aliphatic hydroxyl groups excluding tert-OH is 2. The molecule has 2 N–H and O–H groups in total. The lowest BCUT2D eigenvalue weighted by molar-refractivity contribution is -0.896. The molecule has 1 heterocycles. The molecule has 0 spiro atoms. The van der Waals surface area contributed by atoms with Crippen molar-refractivity contribution < 1.29 is 19.3 Å². The summed E-state index contributed by atoms with van der Waals surface area (Å²) in [6.45, 7) is 8.73. The van der Waals surface area contributed by atoms with Gasteiger partial charge in [0.1, 0.15) is 13.1 Å². The molecule has 3 aromatic rings. The average molecular weight is 534 g/mol. The number of aliphatic hydroxyl groups is 2. The van der Waals surface area contributed by atoms with E-state index in [1.165, 1.54) is 60.5 Å².